The Morgan fingerprint density at radius 3 is 2.45 bits per heavy atom. The number of rotatable bonds is 4. The van der Waals surface area contributed by atoms with Gasteiger partial charge in [0.2, 0.25) is 0 Å². The molecule has 2 nitrogen and oxygen atoms in total. The third-order valence-corrected chi connectivity index (χ3v) is 3.90. The number of aliphatic imine (C=N–C) groups is 1. The molecule has 2 heteroatoms. The van der Waals surface area contributed by atoms with E-state index in [9.17, 15) is 5.11 Å². The number of hydrogen-bond donors (Lipinski definition) is 1. The molecule has 0 amide bonds. The molecule has 0 fully saturated rings. The smallest absolute Gasteiger partial charge is 0.124 e. The van der Waals surface area contributed by atoms with E-state index in [-0.39, 0.29) is 11.8 Å². The summed E-state index contributed by atoms with van der Waals surface area (Å²) in [6, 6.07) is 22.1. The molecule has 1 atom stereocenters. The van der Waals surface area contributed by atoms with Gasteiger partial charge in [0.05, 0.1) is 6.04 Å². The summed E-state index contributed by atoms with van der Waals surface area (Å²) in [5.41, 5.74) is 1.98. The lowest BCUT2D eigenvalue weighted by atomic mass is 10.0. The second kappa shape index (κ2) is 6.44. The van der Waals surface area contributed by atoms with Crippen molar-refractivity contribution in [2.45, 2.75) is 19.4 Å². The fourth-order valence-corrected chi connectivity index (χ4v) is 2.69. The molecule has 0 aliphatic heterocycles. The maximum Gasteiger partial charge on any atom is 0.124 e. The van der Waals surface area contributed by atoms with Crippen LogP contribution in [0, 0.1) is 0 Å². The van der Waals surface area contributed by atoms with Gasteiger partial charge in [-0.1, -0.05) is 67.6 Å². The number of aromatic hydroxyl groups is 1. The molecule has 0 unspecified atom stereocenters. The third kappa shape index (κ3) is 2.86. The Balaban J connectivity index is 2.00. The first-order valence-corrected chi connectivity index (χ1v) is 7.58. The lowest BCUT2D eigenvalue weighted by Crippen LogP contribution is -1.95. The number of fused-ring (bicyclic) bond motifs is 1. The van der Waals surface area contributed by atoms with Gasteiger partial charge in [0, 0.05) is 11.8 Å². The van der Waals surface area contributed by atoms with Gasteiger partial charge >= 0.3 is 0 Å². The van der Waals surface area contributed by atoms with Crippen molar-refractivity contribution in [1.82, 2.24) is 0 Å². The third-order valence-electron chi connectivity index (χ3n) is 3.90. The Morgan fingerprint density at radius 2 is 1.68 bits per heavy atom. The molecular weight excluding hydrogens is 270 g/mol. The molecule has 0 saturated heterocycles. The topological polar surface area (TPSA) is 32.6 Å². The van der Waals surface area contributed by atoms with E-state index in [1.54, 1.807) is 12.3 Å². The molecular formula is C20H19NO. The van der Waals surface area contributed by atoms with Crippen molar-refractivity contribution in [2.24, 2.45) is 4.99 Å². The minimum atomic E-state index is 0.111. The van der Waals surface area contributed by atoms with Crippen LogP contribution in [0.2, 0.25) is 0 Å². The SMILES string of the molecule is CC[C@H](N=Cc1c(O)ccc2ccccc12)c1ccccc1. The lowest BCUT2D eigenvalue weighted by molar-refractivity contribution is 0.475. The van der Waals surface area contributed by atoms with Gasteiger partial charge < -0.3 is 5.11 Å². The standard InChI is InChI=1S/C20H19NO/c1-2-19(16-9-4-3-5-10-16)21-14-18-17-11-7-6-8-15(17)12-13-20(18)22/h3-14,19,22H,2H2,1H3/t19-/m0/s1. The maximum absolute atomic E-state index is 10.2. The largest absolute Gasteiger partial charge is 0.507 e. The maximum atomic E-state index is 10.2. The number of phenolic OH excluding ortho intramolecular Hbond substituents is 1. The minimum Gasteiger partial charge on any atom is -0.507 e. The molecule has 1 N–H and O–H groups in total. The second-order valence-electron chi connectivity index (χ2n) is 5.33. The zero-order chi connectivity index (χ0) is 15.4. The van der Waals surface area contributed by atoms with Gasteiger partial charge in [0.15, 0.2) is 0 Å². The van der Waals surface area contributed by atoms with Crippen LogP contribution in [0.3, 0.4) is 0 Å². The summed E-state index contributed by atoms with van der Waals surface area (Å²) in [6.07, 6.45) is 2.73. The first kappa shape index (κ1) is 14.3. The number of phenols is 1. The summed E-state index contributed by atoms with van der Waals surface area (Å²) in [4.78, 5) is 4.71. The van der Waals surface area contributed by atoms with Gasteiger partial charge in [-0.2, -0.15) is 0 Å². The summed E-state index contributed by atoms with van der Waals surface area (Å²) < 4.78 is 0. The highest BCUT2D eigenvalue weighted by molar-refractivity contribution is 6.02. The van der Waals surface area contributed by atoms with Gasteiger partial charge in [0.1, 0.15) is 5.75 Å². The molecule has 0 radical (unpaired) electrons. The fraction of sp³-hybridized carbons (Fsp3) is 0.150. The van der Waals surface area contributed by atoms with E-state index in [1.165, 1.54) is 5.56 Å². The summed E-state index contributed by atoms with van der Waals surface area (Å²) in [7, 11) is 0. The first-order valence-electron chi connectivity index (χ1n) is 7.58. The van der Waals surface area contributed by atoms with E-state index in [1.807, 2.05) is 48.5 Å². The van der Waals surface area contributed by atoms with Crippen molar-refractivity contribution < 1.29 is 5.11 Å². The molecule has 0 spiro atoms. The summed E-state index contributed by atoms with van der Waals surface area (Å²) in [6.45, 7) is 2.12. The Morgan fingerprint density at radius 1 is 0.955 bits per heavy atom. The molecule has 0 heterocycles. The molecule has 0 aliphatic rings. The Kier molecular flexibility index (Phi) is 4.19. The molecule has 0 aromatic heterocycles. The highest BCUT2D eigenvalue weighted by Crippen LogP contribution is 2.27. The average Bonchev–Trinajstić information content (AvgIpc) is 2.58. The summed E-state index contributed by atoms with van der Waals surface area (Å²) >= 11 is 0. The van der Waals surface area contributed by atoms with Crippen LogP contribution in [0.4, 0.5) is 0 Å². The van der Waals surface area contributed by atoms with Gasteiger partial charge in [-0.15, -0.1) is 0 Å². The number of nitrogens with zero attached hydrogens (tertiary/aromatic N) is 1. The van der Waals surface area contributed by atoms with Crippen LogP contribution in [0.15, 0.2) is 71.7 Å². The van der Waals surface area contributed by atoms with E-state index in [0.29, 0.717) is 0 Å². The molecule has 3 aromatic carbocycles. The summed E-state index contributed by atoms with van der Waals surface area (Å²) in [5, 5.41) is 12.3. The van der Waals surface area contributed by atoms with Crippen molar-refractivity contribution in [3.8, 4) is 5.75 Å². The van der Waals surface area contributed by atoms with Crippen LogP contribution in [0.25, 0.3) is 10.8 Å². The molecule has 0 bridgehead atoms. The molecule has 22 heavy (non-hydrogen) atoms. The predicted molar refractivity (Wildman–Crippen MR) is 92.7 cm³/mol. The number of benzene rings is 3. The van der Waals surface area contributed by atoms with Gasteiger partial charge in [0.25, 0.3) is 0 Å². The molecule has 110 valence electrons. The fourth-order valence-electron chi connectivity index (χ4n) is 2.69. The average molecular weight is 289 g/mol. The van der Waals surface area contributed by atoms with E-state index in [2.05, 4.69) is 19.1 Å². The quantitative estimate of drug-likeness (QED) is 0.665. The van der Waals surface area contributed by atoms with E-state index in [0.717, 1.165) is 22.8 Å². The van der Waals surface area contributed by atoms with E-state index in [4.69, 9.17) is 4.99 Å². The Bertz CT molecular complexity index is 793. The van der Waals surface area contributed by atoms with Crippen LogP contribution in [-0.2, 0) is 0 Å². The van der Waals surface area contributed by atoms with E-state index >= 15 is 0 Å². The second-order valence-corrected chi connectivity index (χ2v) is 5.33. The zero-order valence-corrected chi connectivity index (χ0v) is 12.6. The van der Waals surface area contributed by atoms with Gasteiger partial charge in [-0.25, -0.2) is 0 Å². The predicted octanol–water partition coefficient (Wildman–Crippen LogP) is 5.12. The molecule has 0 aliphatic carbocycles. The van der Waals surface area contributed by atoms with E-state index < -0.39 is 0 Å². The number of hydrogen-bond acceptors (Lipinski definition) is 2. The van der Waals surface area contributed by atoms with Crippen molar-refractivity contribution in [3.63, 3.8) is 0 Å². The van der Waals surface area contributed by atoms with Crippen LogP contribution in [-0.4, -0.2) is 11.3 Å². The summed E-state index contributed by atoms with van der Waals surface area (Å²) in [5.74, 6) is 0.269. The van der Waals surface area contributed by atoms with Crippen LogP contribution in [0.5, 0.6) is 5.75 Å². The van der Waals surface area contributed by atoms with Crippen LogP contribution >= 0.6 is 0 Å². The zero-order valence-electron chi connectivity index (χ0n) is 12.6. The molecule has 0 saturated carbocycles. The van der Waals surface area contributed by atoms with Crippen molar-refractivity contribution in [2.75, 3.05) is 0 Å². The Hall–Kier alpha value is -2.61. The first-order chi connectivity index (χ1) is 10.8. The highest BCUT2D eigenvalue weighted by Gasteiger charge is 2.08. The highest BCUT2D eigenvalue weighted by atomic mass is 16.3. The van der Waals surface area contributed by atoms with Gasteiger partial charge in [-0.3, -0.25) is 4.99 Å². The van der Waals surface area contributed by atoms with Crippen molar-refractivity contribution in [3.05, 3.63) is 77.9 Å². The Labute approximate surface area is 130 Å². The van der Waals surface area contributed by atoms with Crippen molar-refractivity contribution >= 4 is 17.0 Å². The lowest BCUT2D eigenvalue weighted by Gasteiger charge is -2.11. The van der Waals surface area contributed by atoms with Gasteiger partial charge in [-0.05, 0) is 28.8 Å². The normalized spacial score (nSPS) is 12.8. The van der Waals surface area contributed by atoms with Crippen LogP contribution in [0.1, 0.15) is 30.5 Å². The minimum absolute atomic E-state index is 0.111. The molecule has 3 rings (SSSR count). The monoisotopic (exact) mass is 289 g/mol. The van der Waals surface area contributed by atoms with Crippen LogP contribution < -0.4 is 0 Å². The van der Waals surface area contributed by atoms with Crippen molar-refractivity contribution in [1.29, 1.82) is 0 Å². The molecule has 3 aromatic rings.